The molecule has 2 unspecified atom stereocenters. The molecule has 0 saturated carbocycles. The molecule has 2 heterocycles. The van der Waals surface area contributed by atoms with E-state index in [9.17, 15) is 13.2 Å². The highest BCUT2D eigenvalue weighted by Gasteiger charge is 2.42. The molecule has 2 N–H and O–H groups in total. The maximum Gasteiger partial charge on any atom is 0.251 e. The highest BCUT2D eigenvalue weighted by molar-refractivity contribution is 8.15. The molecular formula is C17H23N3O3S2. The predicted molar refractivity (Wildman–Crippen MR) is 103 cm³/mol. The zero-order valence-corrected chi connectivity index (χ0v) is 16.0. The fourth-order valence-corrected chi connectivity index (χ4v) is 6.50. The molecule has 6 nitrogen and oxygen atoms in total. The fraction of sp³-hybridized carbons (Fsp3) is 0.529. The number of amidine groups is 1. The van der Waals surface area contributed by atoms with Crippen molar-refractivity contribution in [2.45, 2.75) is 31.6 Å². The molecular weight excluding hydrogens is 358 g/mol. The van der Waals surface area contributed by atoms with E-state index in [1.807, 2.05) is 12.1 Å². The van der Waals surface area contributed by atoms with Crippen molar-refractivity contribution >= 4 is 38.4 Å². The number of fused-ring (bicyclic) bond motifs is 1. The Labute approximate surface area is 152 Å². The van der Waals surface area contributed by atoms with Gasteiger partial charge in [-0.2, -0.15) is 0 Å². The summed E-state index contributed by atoms with van der Waals surface area (Å²) in [7, 11) is -2.93. The summed E-state index contributed by atoms with van der Waals surface area (Å²) in [4.78, 5) is 16.5. The number of carbonyl (C=O) groups is 1. The topological polar surface area (TPSA) is 87.6 Å². The Bertz CT molecular complexity index is 773. The number of rotatable bonds is 5. The highest BCUT2D eigenvalue weighted by atomic mass is 32.2. The second-order valence-corrected chi connectivity index (χ2v) is 10.3. The third-order valence-corrected chi connectivity index (χ3v) is 7.37. The Morgan fingerprint density at radius 1 is 1.28 bits per heavy atom. The molecule has 0 aliphatic carbocycles. The van der Waals surface area contributed by atoms with E-state index in [-0.39, 0.29) is 28.7 Å². The first kappa shape index (κ1) is 18.3. The third kappa shape index (κ3) is 4.76. The van der Waals surface area contributed by atoms with Gasteiger partial charge in [0.1, 0.15) is 0 Å². The number of sulfone groups is 1. The lowest BCUT2D eigenvalue weighted by Crippen LogP contribution is -2.25. The molecule has 0 aromatic heterocycles. The van der Waals surface area contributed by atoms with Crippen LogP contribution in [0.5, 0.6) is 0 Å². The first-order chi connectivity index (χ1) is 11.8. The molecule has 0 radical (unpaired) electrons. The van der Waals surface area contributed by atoms with Crippen LogP contribution < -0.4 is 10.6 Å². The van der Waals surface area contributed by atoms with Gasteiger partial charge in [0, 0.05) is 23.0 Å². The number of nitrogens with one attached hydrogen (secondary N) is 2. The average molecular weight is 382 g/mol. The van der Waals surface area contributed by atoms with Crippen LogP contribution in [-0.2, 0) is 9.84 Å². The van der Waals surface area contributed by atoms with Gasteiger partial charge in [-0.1, -0.05) is 25.6 Å². The Morgan fingerprint density at radius 3 is 2.64 bits per heavy atom. The van der Waals surface area contributed by atoms with E-state index in [0.29, 0.717) is 18.0 Å². The number of benzene rings is 1. The molecule has 2 aliphatic rings. The SMILES string of the molecule is CC(C)CCNC(=O)c1ccc(NC2=NC3CS(=O)(=O)CC3S2)cc1. The van der Waals surface area contributed by atoms with E-state index >= 15 is 0 Å². The minimum absolute atomic E-state index is 0.0264. The van der Waals surface area contributed by atoms with Gasteiger partial charge in [-0.05, 0) is 36.6 Å². The van der Waals surface area contributed by atoms with Gasteiger partial charge in [0.25, 0.3) is 5.91 Å². The second kappa shape index (κ2) is 7.37. The number of hydrogen-bond donors (Lipinski definition) is 2. The van der Waals surface area contributed by atoms with Crippen molar-refractivity contribution in [1.82, 2.24) is 5.32 Å². The van der Waals surface area contributed by atoms with Crippen LogP contribution in [-0.4, -0.2) is 48.8 Å². The van der Waals surface area contributed by atoms with Crippen LogP contribution in [0.1, 0.15) is 30.6 Å². The number of amides is 1. The zero-order valence-electron chi connectivity index (χ0n) is 14.4. The number of thioether (sulfide) groups is 1. The minimum atomic E-state index is -2.93. The number of carbonyl (C=O) groups excluding carboxylic acids is 1. The molecule has 8 heteroatoms. The molecule has 1 amide bonds. The quantitative estimate of drug-likeness (QED) is 0.816. The van der Waals surface area contributed by atoms with E-state index < -0.39 is 9.84 Å². The maximum absolute atomic E-state index is 12.1. The summed E-state index contributed by atoms with van der Waals surface area (Å²) < 4.78 is 23.2. The minimum Gasteiger partial charge on any atom is -0.352 e. The Balaban J connectivity index is 1.54. The molecule has 3 rings (SSSR count). The number of hydrogen-bond acceptors (Lipinski definition) is 6. The average Bonchev–Trinajstić information content (AvgIpc) is 3.00. The first-order valence-electron chi connectivity index (χ1n) is 8.42. The Hall–Kier alpha value is -1.54. The monoisotopic (exact) mass is 381 g/mol. The Kier molecular flexibility index (Phi) is 5.38. The van der Waals surface area contributed by atoms with Crippen molar-refractivity contribution in [2.24, 2.45) is 10.9 Å². The summed E-state index contributed by atoms with van der Waals surface area (Å²) in [6.07, 6.45) is 0.959. The molecule has 2 atom stereocenters. The van der Waals surface area contributed by atoms with Crippen LogP contribution >= 0.6 is 11.8 Å². The summed E-state index contributed by atoms with van der Waals surface area (Å²) in [6, 6.07) is 7.09. The Morgan fingerprint density at radius 2 is 2.00 bits per heavy atom. The fourth-order valence-electron chi connectivity index (χ4n) is 2.82. The molecule has 25 heavy (non-hydrogen) atoms. The van der Waals surface area contributed by atoms with Gasteiger partial charge in [0.05, 0.1) is 17.5 Å². The van der Waals surface area contributed by atoms with Crippen molar-refractivity contribution < 1.29 is 13.2 Å². The summed E-state index contributed by atoms with van der Waals surface area (Å²) >= 11 is 1.48. The lowest BCUT2D eigenvalue weighted by Gasteiger charge is -2.09. The van der Waals surface area contributed by atoms with Gasteiger partial charge in [-0.3, -0.25) is 9.79 Å². The van der Waals surface area contributed by atoms with E-state index in [4.69, 9.17) is 0 Å². The van der Waals surface area contributed by atoms with E-state index in [2.05, 4.69) is 29.5 Å². The smallest absolute Gasteiger partial charge is 0.251 e. The van der Waals surface area contributed by atoms with Crippen LogP contribution in [0.4, 0.5) is 5.69 Å². The maximum atomic E-state index is 12.1. The van der Waals surface area contributed by atoms with Crippen LogP contribution in [0, 0.1) is 5.92 Å². The van der Waals surface area contributed by atoms with E-state index in [0.717, 1.165) is 17.3 Å². The largest absolute Gasteiger partial charge is 0.352 e. The normalized spacial score (nSPS) is 24.0. The van der Waals surface area contributed by atoms with Gasteiger partial charge >= 0.3 is 0 Å². The summed E-state index contributed by atoms with van der Waals surface area (Å²) in [5.74, 6) is 0.836. The van der Waals surface area contributed by atoms with Gasteiger partial charge in [0.15, 0.2) is 15.0 Å². The predicted octanol–water partition coefficient (Wildman–Crippen LogP) is 2.14. The van der Waals surface area contributed by atoms with Crippen molar-refractivity contribution in [1.29, 1.82) is 0 Å². The lowest BCUT2D eigenvalue weighted by atomic mass is 10.1. The van der Waals surface area contributed by atoms with Crippen LogP contribution in [0.15, 0.2) is 29.3 Å². The van der Waals surface area contributed by atoms with E-state index in [1.54, 1.807) is 12.1 Å². The van der Waals surface area contributed by atoms with Crippen LogP contribution in [0.25, 0.3) is 0 Å². The van der Waals surface area contributed by atoms with Gasteiger partial charge in [0.2, 0.25) is 0 Å². The van der Waals surface area contributed by atoms with Crippen molar-refractivity contribution in [3.8, 4) is 0 Å². The van der Waals surface area contributed by atoms with Gasteiger partial charge in [-0.15, -0.1) is 0 Å². The molecule has 0 spiro atoms. The lowest BCUT2D eigenvalue weighted by molar-refractivity contribution is 0.0952. The molecule has 136 valence electrons. The third-order valence-electron chi connectivity index (χ3n) is 4.22. The van der Waals surface area contributed by atoms with Crippen molar-refractivity contribution in [3.05, 3.63) is 29.8 Å². The first-order valence-corrected chi connectivity index (χ1v) is 11.1. The van der Waals surface area contributed by atoms with Gasteiger partial charge in [-0.25, -0.2) is 8.42 Å². The summed E-state index contributed by atoms with van der Waals surface area (Å²) in [6.45, 7) is 4.93. The van der Waals surface area contributed by atoms with Crippen molar-refractivity contribution in [3.63, 3.8) is 0 Å². The molecule has 2 aliphatic heterocycles. The highest BCUT2D eigenvalue weighted by Crippen LogP contribution is 2.34. The molecule has 1 aromatic rings. The van der Waals surface area contributed by atoms with E-state index in [1.165, 1.54) is 11.8 Å². The number of aliphatic imine (C=N–C) groups is 1. The van der Waals surface area contributed by atoms with Gasteiger partial charge < -0.3 is 10.6 Å². The summed E-state index contributed by atoms with van der Waals surface area (Å²) in [5, 5.41) is 6.90. The molecule has 1 fully saturated rings. The molecule has 0 bridgehead atoms. The summed E-state index contributed by atoms with van der Waals surface area (Å²) in [5.41, 5.74) is 1.46. The van der Waals surface area contributed by atoms with Crippen LogP contribution in [0.3, 0.4) is 0 Å². The van der Waals surface area contributed by atoms with Crippen LogP contribution in [0.2, 0.25) is 0 Å². The molecule has 1 aromatic carbocycles. The standard InChI is InChI=1S/C17H23N3O3S2/c1-11(2)7-8-18-16(21)12-3-5-13(6-4-12)19-17-20-14-9-25(22,23)10-15(14)24-17/h3-6,11,14-15H,7-10H2,1-2H3,(H,18,21)(H,19,20). The number of nitrogens with zero attached hydrogens (tertiary/aromatic N) is 1. The van der Waals surface area contributed by atoms with Crippen molar-refractivity contribution in [2.75, 3.05) is 23.4 Å². The second-order valence-electron chi connectivity index (χ2n) is 6.88. The zero-order chi connectivity index (χ0) is 18.0. The number of anilines is 1. The molecule has 1 saturated heterocycles.